The molecule has 0 aromatic carbocycles. The van der Waals surface area contributed by atoms with Crippen molar-refractivity contribution in [3.05, 3.63) is 0 Å². The fourth-order valence-corrected chi connectivity index (χ4v) is 2.58. The fourth-order valence-electron chi connectivity index (χ4n) is 2.58. The third kappa shape index (κ3) is 4.97. The van der Waals surface area contributed by atoms with Crippen LogP contribution in [0.2, 0.25) is 0 Å². The van der Waals surface area contributed by atoms with E-state index in [0.29, 0.717) is 6.61 Å². The third-order valence-electron chi connectivity index (χ3n) is 3.56. The molecule has 0 radical (unpaired) electrons. The Morgan fingerprint density at radius 1 is 1.30 bits per heavy atom. The molecular formula is C16H31NO3. The molecule has 4 heteroatoms. The van der Waals surface area contributed by atoms with E-state index in [1.54, 1.807) is 4.90 Å². The Kier molecular flexibility index (Phi) is 5.87. The molecule has 0 N–H and O–H groups in total. The van der Waals surface area contributed by atoms with Crippen molar-refractivity contribution in [2.45, 2.75) is 91.0 Å². The first kappa shape index (κ1) is 17.3. The fraction of sp³-hybridized carbons (Fsp3) is 0.938. The lowest BCUT2D eigenvalue weighted by atomic mass is 10.1. The molecule has 0 spiro atoms. The van der Waals surface area contributed by atoms with Crippen molar-refractivity contribution in [3.63, 3.8) is 0 Å². The highest BCUT2D eigenvalue weighted by molar-refractivity contribution is 5.69. The molecule has 1 heterocycles. The van der Waals surface area contributed by atoms with Gasteiger partial charge in [0, 0.05) is 0 Å². The molecule has 0 saturated carbocycles. The van der Waals surface area contributed by atoms with Gasteiger partial charge in [-0.2, -0.15) is 0 Å². The Bertz CT molecular complexity index is 320. The Morgan fingerprint density at radius 3 is 2.50 bits per heavy atom. The van der Waals surface area contributed by atoms with E-state index < -0.39 is 11.3 Å². The van der Waals surface area contributed by atoms with Gasteiger partial charge in [0.1, 0.15) is 11.3 Å². The topological polar surface area (TPSA) is 38.8 Å². The number of rotatable bonds is 5. The van der Waals surface area contributed by atoms with Crippen LogP contribution >= 0.6 is 0 Å². The summed E-state index contributed by atoms with van der Waals surface area (Å²) in [5.74, 6) is 0. The highest BCUT2D eigenvalue weighted by atomic mass is 16.6. The minimum absolute atomic E-state index is 0.136. The van der Waals surface area contributed by atoms with Gasteiger partial charge in [-0.1, -0.05) is 32.6 Å². The molecule has 0 aliphatic carbocycles. The summed E-state index contributed by atoms with van der Waals surface area (Å²) < 4.78 is 11.3. The molecule has 1 fully saturated rings. The average Bonchev–Trinajstić information content (AvgIpc) is 2.58. The van der Waals surface area contributed by atoms with Gasteiger partial charge in [-0.05, 0) is 41.0 Å². The second-order valence-corrected chi connectivity index (χ2v) is 7.11. The van der Waals surface area contributed by atoms with Crippen LogP contribution in [0.25, 0.3) is 0 Å². The van der Waals surface area contributed by atoms with Crippen molar-refractivity contribution >= 4 is 6.09 Å². The largest absolute Gasteiger partial charge is 0.444 e. The lowest BCUT2D eigenvalue weighted by Gasteiger charge is -2.35. The quantitative estimate of drug-likeness (QED) is 0.706. The highest BCUT2D eigenvalue weighted by Crippen LogP contribution is 2.31. The van der Waals surface area contributed by atoms with Crippen LogP contribution in [0, 0.1) is 0 Å². The van der Waals surface area contributed by atoms with Gasteiger partial charge in [0.05, 0.1) is 12.6 Å². The van der Waals surface area contributed by atoms with Crippen LogP contribution in [-0.4, -0.2) is 35.0 Å². The van der Waals surface area contributed by atoms with E-state index >= 15 is 0 Å². The van der Waals surface area contributed by atoms with Crippen LogP contribution < -0.4 is 0 Å². The van der Waals surface area contributed by atoms with Gasteiger partial charge in [0.2, 0.25) is 0 Å². The number of hydrogen-bond donors (Lipinski definition) is 0. The number of carbonyl (C=O) groups excluding carboxylic acids is 1. The molecule has 1 aliphatic heterocycles. The Hall–Kier alpha value is -0.770. The van der Waals surface area contributed by atoms with E-state index in [-0.39, 0.29) is 12.1 Å². The molecule has 1 atom stereocenters. The molecule has 1 unspecified atom stereocenters. The molecule has 1 rings (SSSR count). The molecule has 20 heavy (non-hydrogen) atoms. The zero-order chi connectivity index (χ0) is 15.4. The predicted molar refractivity (Wildman–Crippen MR) is 80.7 cm³/mol. The Morgan fingerprint density at radius 2 is 1.95 bits per heavy atom. The van der Waals surface area contributed by atoms with E-state index in [4.69, 9.17) is 9.47 Å². The Labute approximate surface area is 123 Å². The maximum atomic E-state index is 12.4. The summed E-state index contributed by atoms with van der Waals surface area (Å²) in [5, 5.41) is 0. The first-order chi connectivity index (χ1) is 9.17. The number of unbranched alkanes of at least 4 members (excludes halogenated alkanes) is 3. The lowest BCUT2D eigenvalue weighted by molar-refractivity contribution is -0.0627. The molecular weight excluding hydrogens is 254 g/mol. The van der Waals surface area contributed by atoms with Gasteiger partial charge in [-0.15, -0.1) is 0 Å². The van der Waals surface area contributed by atoms with Gasteiger partial charge in [-0.3, -0.25) is 4.90 Å². The molecule has 118 valence electrons. The summed E-state index contributed by atoms with van der Waals surface area (Å²) in [4.78, 5) is 14.2. The maximum Gasteiger partial charge on any atom is 0.412 e. The van der Waals surface area contributed by atoms with Crippen LogP contribution in [0.5, 0.6) is 0 Å². The van der Waals surface area contributed by atoms with Crippen LogP contribution in [0.1, 0.15) is 73.6 Å². The van der Waals surface area contributed by atoms with Gasteiger partial charge in [-0.25, -0.2) is 4.79 Å². The molecule has 1 aliphatic rings. The normalized spacial score (nSPS) is 22.1. The van der Waals surface area contributed by atoms with E-state index in [1.807, 2.05) is 34.6 Å². The van der Waals surface area contributed by atoms with Crippen molar-refractivity contribution in [2.75, 3.05) is 6.61 Å². The zero-order valence-electron chi connectivity index (χ0n) is 14.0. The van der Waals surface area contributed by atoms with E-state index in [9.17, 15) is 4.79 Å². The van der Waals surface area contributed by atoms with Crippen molar-refractivity contribution in [1.82, 2.24) is 4.90 Å². The second-order valence-electron chi connectivity index (χ2n) is 7.11. The van der Waals surface area contributed by atoms with Crippen molar-refractivity contribution in [3.8, 4) is 0 Å². The maximum absolute atomic E-state index is 12.4. The number of carbonyl (C=O) groups is 1. The smallest absolute Gasteiger partial charge is 0.412 e. The molecule has 4 nitrogen and oxygen atoms in total. The summed E-state index contributed by atoms with van der Waals surface area (Å²) in [6.07, 6.45) is 5.56. The summed E-state index contributed by atoms with van der Waals surface area (Å²) in [6.45, 7) is 12.4. The number of hydrogen-bond acceptors (Lipinski definition) is 3. The second kappa shape index (κ2) is 6.79. The average molecular weight is 285 g/mol. The number of nitrogens with zero attached hydrogens (tertiary/aromatic N) is 1. The van der Waals surface area contributed by atoms with Crippen molar-refractivity contribution in [1.29, 1.82) is 0 Å². The zero-order valence-corrected chi connectivity index (χ0v) is 14.0. The SMILES string of the molecule is CCCCCCC1COC(C)(C)N1C(=O)OC(C)(C)C. The van der Waals surface area contributed by atoms with E-state index in [1.165, 1.54) is 19.3 Å². The molecule has 0 aromatic heterocycles. The standard InChI is InChI=1S/C16H31NO3/c1-7-8-9-10-11-13-12-19-16(5,6)17(13)14(18)20-15(2,3)4/h13H,7-12H2,1-6H3. The predicted octanol–water partition coefficient (Wildman–Crippen LogP) is 4.33. The van der Waals surface area contributed by atoms with Crippen LogP contribution in [0.15, 0.2) is 0 Å². The van der Waals surface area contributed by atoms with Gasteiger partial charge >= 0.3 is 6.09 Å². The molecule has 0 aromatic rings. The number of amides is 1. The van der Waals surface area contributed by atoms with Gasteiger partial charge in [0.25, 0.3) is 0 Å². The highest BCUT2D eigenvalue weighted by Gasteiger charge is 2.45. The molecule has 1 saturated heterocycles. The van der Waals surface area contributed by atoms with Crippen LogP contribution in [-0.2, 0) is 9.47 Å². The first-order valence-electron chi connectivity index (χ1n) is 7.83. The van der Waals surface area contributed by atoms with Crippen LogP contribution in [0.4, 0.5) is 4.79 Å². The van der Waals surface area contributed by atoms with Crippen molar-refractivity contribution in [2.24, 2.45) is 0 Å². The van der Waals surface area contributed by atoms with Gasteiger partial charge < -0.3 is 9.47 Å². The minimum Gasteiger partial charge on any atom is -0.444 e. The first-order valence-corrected chi connectivity index (χ1v) is 7.83. The number of ether oxygens (including phenoxy) is 2. The molecule has 0 bridgehead atoms. The summed E-state index contributed by atoms with van der Waals surface area (Å²) in [7, 11) is 0. The van der Waals surface area contributed by atoms with Crippen LogP contribution in [0.3, 0.4) is 0 Å². The minimum atomic E-state index is -0.572. The summed E-state index contributed by atoms with van der Waals surface area (Å²) in [6, 6.07) is 0.136. The molecule has 1 amide bonds. The summed E-state index contributed by atoms with van der Waals surface area (Å²) in [5.41, 5.74) is -1.04. The summed E-state index contributed by atoms with van der Waals surface area (Å²) >= 11 is 0. The van der Waals surface area contributed by atoms with Crippen molar-refractivity contribution < 1.29 is 14.3 Å². The van der Waals surface area contributed by atoms with E-state index in [0.717, 1.165) is 12.8 Å². The monoisotopic (exact) mass is 285 g/mol. The Balaban J connectivity index is 2.63. The lowest BCUT2D eigenvalue weighted by Crippen LogP contribution is -2.49. The van der Waals surface area contributed by atoms with E-state index in [2.05, 4.69) is 6.92 Å². The third-order valence-corrected chi connectivity index (χ3v) is 3.56. The van der Waals surface area contributed by atoms with Gasteiger partial charge in [0.15, 0.2) is 0 Å².